The summed E-state index contributed by atoms with van der Waals surface area (Å²) in [5.74, 6) is 0.782. The molecule has 0 aliphatic carbocycles. The van der Waals surface area contributed by atoms with Crippen LogP contribution in [0.4, 0.5) is 0 Å². The lowest BCUT2D eigenvalue weighted by molar-refractivity contribution is 0.0953. The average molecular weight is 346 g/mol. The topological polar surface area (TPSA) is 51.2 Å². The Morgan fingerprint density at radius 3 is 2.67 bits per heavy atom. The minimum absolute atomic E-state index is 0.0390. The number of unbranched alkanes of at least 4 members (excludes halogenated alkanes) is 2. The van der Waals surface area contributed by atoms with E-state index in [1.54, 1.807) is 11.3 Å². The fourth-order valence-electron chi connectivity index (χ4n) is 2.31. The number of aryl methyl sites for hydroxylation is 2. The summed E-state index contributed by atoms with van der Waals surface area (Å²) in [5, 5.41) is 6.14. The number of thiazole rings is 1. The van der Waals surface area contributed by atoms with Gasteiger partial charge in [-0.05, 0) is 44.0 Å². The van der Waals surface area contributed by atoms with Crippen LogP contribution in [0.1, 0.15) is 53.7 Å². The molecule has 0 spiro atoms. The molecule has 130 valence electrons. The van der Waals surface area contributed by atoms with E-state index in [1.165, 1.54) is 12.8 Å². The van der Waals surface area contributed by atoms with Crippen molar-refractivity contribution >= 4 is 17.2 Å². The minimum atomic E-state index is -0.0390. The quantitative estimate of drug-likeness (QED) is 0.649. The van der Waals surface area contributed by atoms with E-state index in [0.717, 1.165) is 42.3 Å². The van der Waals surface area contributed by atoms with Gasteiger partial charge >= 0.3 is 0 Å². The number of aromatic nitrogens is 1. The van der Waals surface area contributed by atoms with E-state index < -0.39 is 0 Å². The molecule has 1 heterocycles. The predicted molar refractivity (Wildman–Crippen MR) is 99.0 cm³/mol. The van der Waals surface area contributed by atoms with Gasteiger partial charge in [0, 0.05) is 29.6 Å². The summed E-state index contributed by atoms with van der Waals surface area (Å²) < 4.78 is 5.65. The number of carbonyl (C=O) groups is 1. The highest BCUT2D eigenvalue weighted by Crippen LogP contribution is 2.13. The molecular weight excluding hydrogens is 320 g/mol. The van der Waals surface area contributed by atoms with Crippen LogP contribution in [0.15, 0.2) is 29.6 Å². The average Bonchev–Trinajstić information content (AvgIpc) is 3.01. The standard InChI is InChI=1S/C19H26N2O2S/c1-3-4-5-13-23-17-10-8-16(9-11-17)19(22)20-12-6-7-18-21-15(2)14-24-18/h8-11,14H,3-7,12-13H2,1-2H3,(H,20,22). The normalized spacial score (nSPS) is 10.6. The van der Waals surface area contributed by atoms with Crippen molar-refractivity contribution in [2.75, 3.05) is 13.2 Å². The predicted octanol–water partition coefficient (Wildman–Crippen LogP) is 4.38. The zero-order valence-corrected chi connectivity index (χ0v) is 15.3. The number of hydrogen-bond acceptors (Lipinski definition) is 4. The lowest BCUT2D eigenvalue weighted by Crippen LogP contribution is -2.24. The second-order valence-corrected chi connectivity index (χ2v) is 6.76. The number of amides is 1. The van der Waals surface area contributed by atoms with E-state index >= 15 is 0 Å². The van der Waals surface area contributed by atoms with Gasteiger partial charge < -0.3 is 10.1 Å². The number of nitrogens with zero attached hydrogens (tertiary/aromatic N) is 1. The first-order valence-corrected chi connectivity index (χ1v) is 9.49. The fourth-order valence-corrected chi connectivity index (χ4v) is 3.12. The molecule has 0 bridgehead atoms. The van der Waals surface area contributed by atoms with Gasteiger partial charge in [-0.25, -0.2) is 4.98 Å². The molecule has 0 aliphatic heterocycles. The Balaban J connectivity index is 1.68. The summed E-state index contributed by atoms with van der Waals surface area (Å²) in [4.78, 5) is 16.5. The molecule has 1 aromatic carbocycles. The Morgan fingerprint density at radius 1 is 1.21 bits per heavy atom. The van der Waals surface area contributed by atoms with Crippen molar-refractivity contribution in [1.82, 2.24) is 10.3 Å². The fraction of sp³-hybridized carbons (Fsp3) is 0.474. The second-order valence-electron chi connectivity index (χ2n) is 5.82. The Hall–Kier alpha value is -1.88. The SMILES string of the molecule is CCCCCOc1ccc(C(=O)NCCCc2nc(C)cs2)cc1. The van der Waals surface area contributed by atoms with Crippen LogP contribution in [0.25, 0.3) is 0 Å². The van der Waals surface area contributed by atoms with Gasteiger partial charge in [-0.15, -0.1) is 11.3 Å². The van der Waals surface area contributed by atoms with Crippen molar-refractivity contribution in [1.29, 1.82) is 0 Å². The molecule has 24 heavy (non-hydrogen) atoms. The summed E-state index contributed by atoms with van der Waals surface area (Å²) >= 11 is 1.68. The smallest absolute Gasteiger partial charge is 0.251 e. The van der Waals surface area contributed by atoms with Crippen LogP contribution in [0, 0.1) is 6.92 Å². The second kappa shape index (κ2) is 10.1. The zero-order chi connectivity index (χ0) is 17.2. The lowest BCUT2D eigenvalue weighted by atomic mass is 10.2. The Labute approximate surface area is 148 Å². The van der Waals surface area contributed by atoms with Crippen LogP contribution < -0.4 is 10.1 Å². The van der Waals surface area contributed by atoms with E-state index in [4.69, 9.17) is 4.74 Å². The number of hydrogen-bond donors (Lipinski definition) is 1. The van der Waals surface area contributed by atoms with Gasteiger partial charge in [-0.3, -0.25) is 4.79 Å². The van der Waals surface area contributed by atoms with Crippen LogP contribution in [-0.2, 0) is 6.42 Å². The Kier molecular flexibility index (Phi) is 7.75. The summed E-state index contributed by atoms with van der Waals surface area (Å²) in [5.41, 5.74) is 1.73. The first-order chi connectivity index (χ1) is 11.7. The molecule has 5 heteroatoms. The number of benzene rings is 1. The summed E-state index contributed by atoms with van der Waals surface area (Å²) in [6.45, 7) is 5.56. The van der Waals surface area contributed by atoms with Crippen molar-refractivity contribution in [3.05, 3.63) is 45.9 Å². The molecule has 0 saturated heterocycles. The molecule has 0 atom stereocenters. The van der Waals surface area contributed by atoms with Crippen molar-refractivity contribution in [2.45, 2.75) is 46.0 Å². The van der Waals surface area contributed by atoms with Crippen LogP contribution in [-0.4, -0.2) is 24.0 Å². The van der Waals surface area contributed by atoms with Crippen molar-refractivity contribution in [3.8, 4) is 5.75 Å². The number of ether oxygens (including phenoxy) is 1. The highest BCUT2D eigenvalue weighted by molar-refractivity contribution is 7.09. The largest absolute Gasteiger partial charge is 0.494 e. The molecule has 1 N–H and O–H groups in total. The third kappa shape index (κ3) is 6.32. The van der Waals surface area contributed by atoms with Crippen LogP contribution in [0.3, 0.4) is 0 Å². The Bertz CT molecular complexity index is 623. The highest BCUT2D eigenvalue weighted by Gasteiger charge is 2.05. The van der Waals surface area contributed by atoms with Crippen molar-refractivity contribution in [2.24, 2.45) is 0 Å². The molecule has 0 radical (unpaired) electrons. The lowest BCUT2D eigenvalue weighted by Gasteiger charge is -2.07. The molecule has 0 unspecified atom stereocenters. The molecule has 1 amide bonds. The van der Waals surface area contributed by atoms with Gasteiger partial charge in [0.15, 0.2) is 0 Å². The Morgan fingerprint density at radius 2 is 2.00 bits per heavy atom. The van der Waals surface area contributed by atoms with E-state index in [0.29, 0.717) is 12.1 Å². The summed E-state index contributed by atoms with van der Waals surface area (Å²) in [6.07, 6.45) is 5.24. The van der Waals surface area contributed by atoms with Crippen LogP contribution in [0.2, 0.25) is 0 Å². The van der Waals surface area contributed by atoms with Gasteiger partial charge in [0.25, 0.3) is 5.91 Å². The van der Waals surface area contributed by atoms with Gasteiger partial charge in [0.1, 0.15) is 5.75 Å². The molecular formula is C19H26N2O2S. The monoisotopic (exact) mass is 346 g/mol. The number of nitrogens with one attached hydrogen (secondary N) is 1. The van der Waals surface area contributed by atoms with Crippen LogP contribution >= 0.6 is 11.3 Å². The molecule has 0 aliphatic rings. The molecule has 0 saturated carbocycles. The van der Waals surface area contributed by atoms with E-state index in [-0.39, 0.29) is 5.91 Å². The third-order valence-electron chi connectivity index (χ3n) is 3.65. The van der Waals surface area contributed by atoms with E-state index in [9.17, 15) is 4.79 Å². The highest BCUT2D eigenvalue weighted by atomic mass is 32.1. The third-order valence-corrected chi connectivity index (χ3v) is 4.68. The van der Waals surface area contributed by atoms with Crippen LogP contribution in [0.5, 0.6) is 5.75 Å². The summed E-state index contributed by atoms with van der Waals surface area (Å²) in [6, 6.07) is 7.35. The van der Waals surface area contributed by atoms with Crippen molar-refractivity contribution in [3.63, 3.8) is 0 Å². The first-order valence-electron chi connectivity index (χ1n) is 8.61. The van der Waals surface area contributed by atoms with Gasteiger partial charge in [0.2, 0.25) is 0 Å². The molecule has 2 aromatic rings. The molecule has 0 fully saturated rings. The zero-order valence-electron chi connectivity index (χ0n) is 14.5. The molecule has 2 rings (SSSR count). The first kappa shape index (κ1) is 18.5. The maximum absolute atomic E-state index is 12.1. The van der Waals surface area contributed by atoms with Gasteiger partial charge in [-0.2, -0.15) is 0 Å². The number of carbonyl (C=O) groups excluding carboxylic acids is 1. The maximum Gasteiger partial charge on any atom is 0.251 e. The molecule has 4 nitrogen and oxygen atoms in total. The van der Waals surface area contributed by atoms with Crippen molar-refractivity contribution < 1.29 is 9.53 Å². The summed E-state index contributed by atoms with van der Waals surface area (Å²) in [7, 11) is 0. The van der Waals surface area contributed by atoms with Gasteiger partial charge in [0.05, 0.1) is 11.6 Å². The van der Waals surface area contributed by atoms with E-state index in [2.05, 4.69) is 22.6 Å². The minimum Gasteiger partial charge on any atom is -0.494 e. The van der Waals surface area contributed by atoms with Gasteiger partial charge in [-0.1, -0.05) is 19.8 Å². The maximum atomic E-state index is 12.1. The molecule has 1 aromatic heterocycles. The van der Waals surface area contributed by atoms with E-state index in [1.807, 2.05) is 31.2 Å². The number of rotatable bonds is 10.